The zero-order valence-corrected chi connectivity index (χ0v) is 16.8. The van der Waals surface area contributed by atoms with Crippen LogP contribution in [0.25, 0.3) is 11.0 Å². The van der Waals surface area contributed by atoms with E-state index in [4.69, 9.17) is 0 Å². The molecule has 0 radical (unpaired) electrons. The minimum atomic E-state index is -3.69. The summed E-state index contributed by atoms with van der Waals surface area (Å²) in [7, 11) is -3.69. The fourth-order valence-corrected chi connectivity index (χ4v) is 4.41. The van der Waals surface area contributed by atoms with Gasteiger partial charge in [-0.3, -0.25) is 4.98 Å². The van der Waals surface area contributed by atoms with Gasteiger partial charge in [0.2, 0.25) is 10.0 Å². The van der Waals surface area contributed by atoms with Crippen molar-refractivity contribution in [1.82, 2.24) is 14.7 Å². The molecule has 0 spiro atoms. The van der Waals surface area contributed by atoms with Gasteiger partial charge in [-0.25, -0.2) is 18.1 Å². The molecule has 1 heterocycles. The molecular weight excluding hydrogens is 382 g/mol. The van der Waals surface area contributed by atoms with Gasteiger partial charge in [-0.2, -0.15) is 0 Å². The molecule has 0 bridgehead atoms. The number of hydrogen-bond acceptors (Lipinski definition) is 4. The van der Waals surface area contributed by atoms with Crippen LogP contribution in [0.15, 0.2) is 90.0 Å². The molecule has 1 aromatic heterocycles. The van der Waals surface area contributed by atoms with Crippen LogP contribution in [-0.2, 0) is 16.4 Å². The summed E-state index contributed by atoms with van der Waals surface area (Å²) in [5.74, 6) is 0. The maximum absolute atomic E-state index is 13.0. The largest absolute Gasteiger partial charge is 0.253 e. The number of benzene rings is 3. The van der Waals surface area contributed by atoms with Crippen LogP contribution in [0, 0.1) is 6.92 Å². The second kappa shape index (κ2) is 8.11. The molecular formula is C23H21N3O2S. The van der Waals surface area contributed by atoms with E-state index in [1.807, 2.05) is 61.5 Å². The van der Waals surface area contributed by atoms with Crippen LogP contribution < -0.4 is 4.72 Å². The topological polar surface area (TPSA) is 72.0 Å². The third-order valence-electron chi connectivity index (χ3n) is 4.74. The molecule has 0 aliphatic carbocycles. The van der Waals surface area contributed by atoms with Crippen molar-refractivity contribution in [3.05, 3.63) is 102 Å². The minimum absolute atomic E-state index is 0.244. The molecule has 29 heavy (non-hydrogen) atoms. The Balaban J connectivity index is 1.67. The van der Waals surface area contributed by atoms with E-state index in [1.54, 1.807) is 30.5 Å². The lowest BCUT2D eigenvalue weighted by molar-refractivity contribution is 0.553. The smallest absolute Gasteiger partial charge is 0.241 e. The maximum atomic E-state index is 13.0. The number of sulfonamides is 1. The summed E-state index contributed by atoms with van der Waals surface area (Å²) in [5, 5.41) is 0. The quantitative estimate of drug-likeness (QED) is 0.524. The number of hydrogen-bond donors (Lipinski definition) is 1. The molecule has 0 fully saturated rings. The third kappa shape index (κ3) is 4.50. The van der Waals surface area contributed by atoms with Gasteiger partial charge in [-0.15, -0.1) is 0 Å². The Hall–Kier alpha value is -3.09. The molecule has 4 rings (SSSR count). The van der Waals surface area contributed by atoms with Crippen molar-refractivity contribution in [3.63, 3.8) is 0 Å². The van der Waals surface area contributed by atoms with Gasteiger partial charge in [-0.1, -0.05) is 60.2 Å². The Bertz CT molecular complexity index is 1220. The molecule has 0 aliphatic rings. The Morgan fingerprint density at radius 2 is 1.52 bits per heavy atom. The zero-order valence-electron chi connectivity index (χ0n) is 16.0. The van der Waals surface area contributed by atoms with Gasteiger partial charge in [0.1, 0.15) is 0 Å². The molecule has 0 aliphatic heterocycles. The molecule has 1 atom stereocenters. The fraction of sp³-hybridized carbons (Fsp3) is 0.130. The van der Waals surface area contributed by atoms with Gasteiger partial charge < -0.3 is 0 Å². The second-order valence-electron chi connectivity index (χ2n) is 6.95. The molecule has 6 heteroatoms. The highest BCUT2D eigenvalue weighted by atomic mass is 32.2. The van der Waals surface area contributed by atoms with E-state index in [-0.39, 0.29) is 4.90 Å². The SMILES string of the molecule is Cc1ccc(S(=O)(=O)NC(Cc2cnc3ccccc3n2)c2ccccc2)cc1. The van der Waals surface area contributed by atoms with Gasteiger partial charge >= 0.3 is 0 Å². The van der Waals surface area contributed by atoms with E-state index in [0.29, 0.717) is 6.42 Å². The summed E-state index contributed by atoms with van der Waals surface area (Å²) >= 11 is 0. The predicted molar refractivity (Wildman–Crippen MR) is 114 cm³/mol. The van der Waals surface area contributed by atoms with Crippen LogP contribution in [0.2, 0.25) is 0 Å². The van der Waals surface area contributed by atoms with Crippen molar-refractivity contribution in [2.45, 2.75) is 24.3 Å². The molecule has 1 unspecified atom stereocenters. The van der Waals surface area contributed by atoms with Crippen LogP contribution in [0.3, 0.4) is 0 Å². The van der Waals surface area contributed by atoms with Crippen molar-refractivity contribution < 1.29 is 8.42 Å². The molecule has 3 aromatic carbocycles. The highest BCUT2D eigenvalue weighted by Gasteiger charge is 2.22. The average molecular weight is 404 g/mol. The molecule has 5 nitrogen and oxygen atoms in total. The standard InChI is InChI=1S/C23H21N3O2S/c1-17-11-13-20(14-12-17)29(27,28)26-23(18-7-3-2-4-8-18)15-19-16-24-21-9-5-6-10-22(21)25-19/h2-14,16,23,26H,15H2,1H3. The molecule has 0 amide bonds. The number of para-hydroxylation sites is 2. The van der Waals surface area contributed by atoms with E-state index in [0.717, 1.165) is 27.9 Å². The fourth-order valence-electron chi connectivity index (χ4n) is 3.19. The highest BCUT2D eigenvalue weighted by Crippen LogP contribution is 2.22. The van der Waals surface area contributed by atoms with Crippen molar-refractivity contribution in [2.75, 3.05) is 0 Å². The summed E-state index contributed by atoms with van der Waals surface area (Å²) in [6.07, 6.45) is 2.10. The molecule has 0 saturated heterocycles. The third-order valence-corrected chi connectivity index (χ3v) is 6.23. The molecule has 146 valence electrons. The van der Waals surface area contributed by atoms with Crippen LogP contribution in [0.5, 0.6) is 0 Å². The number of fused-ring (bicyclic) bond motifs is 1. The monoisotopic (exact) mass is 403 g/mol. The summed E-state index contributed by atoms with van der Waals surface area (Å²) in [4.78, 5) is 9.35. The lowest BCUT2D eigenvalue weighted by Gasteiger charge is -2.19. The summed E-state index contributed by atoms with van der Waals surface area (Å²) in [6.45, 7) is 1.93. The van der Waals surface area contributed by atoms with E-state index in [9.17, 15) is 8.42 Å². The maximum Gasteiger partial charge on any atom is 0.241 e. The van der Waals surface area contributed by atoms with Crippen molar-refractivity contribution in [2.24, 2.45) is 0 Å². The first-order valence-corrected chi connectivity index (χ1v) is 10.8. The number of aryl methyl sites for hydroxylation is 1. The minimum Gasteiger partial charge on any atom is -0.253 e. The van der Waals surface area contributed by atoms with Gasteiger partial charge in [-0.05, 0) is 36.8 Å². The average Bonchev–Trinajstić information content (AvgIpc) is 2.74. The van der Waals surface area contributed by atoms with Crippen molar-refractivity contribution >= 4 is 21.1 Å². The molecule has 1 N–H and O–H groups in total. The van der Waals surface area contributed by atoms with Crippen LogP contribution in [-0.4, -0.2) is 18.4 Å². The first-order valence-electron chi connectivity index (χ1n) is 9.36. The lowest BCUT2D eigenvalue weighted by Crippen LogP contribution is -2.30. The molecule has 0 saturated carbocycles. The summed E-state index contributed by atoms with van der Waals surface area (Å²) in [6, 6.07) is 23.5. The Kier molecular flexibility index (Phi) is 5.38. The first-order chi connectivity index (χ1) is 14.0. The van der Waals surface area contributed by atoms with Gasteiger partial charge in [0.25, 0.3) is 0 Å². The summed E-state index contributed by atoms with van der Waals surface area (Å²) < 4.78 is 28.8. The normalized spacial score (nSPS) is 12.7. The first kappa shape index (κ1) is 19.2. The highest BCUT2D eigenvalue weighted by molar-refractivity contribution is 7.89. The van der Waals surface area contributed by atoms with Crippen LogP contribution in [0.1, 0.15) is 22.9 Å². The van der Waals surface area contributed by atoms with E-state index in [2.05, 4.69) is 14.7 Å². The Morgan fingerprint density at radius 3 is 2.24 bits per heavy atom. The number of nitrogens with zero attached hydrogens (tertiary/aromatic N) is 2. The number of rotatable bonds is 6. The lowest BCUT2D eigenvalue weighted by atomic mass is 10.0. The number of aromatic nitrogens is 2. The zero-order chi connectivity index (χ0) is 20.3. The van der Waals surface area contributed by atoms with Gasteiger partial charge in [0.05, 0.1) is 27.7 Å². The van der Waals surface area contributed by atoms with Crippen LogP contribution in [0.4, 0.5) is 0 Å². The Labute approximate surface area is 170 Å². The summed E-state index contributed by atoms with van der Waals surface area (Å²) in [5.41, 5.74) is 4.21. The van der Waals surface area contributed by atoms with E-state index in [1.165, 1.54) is 0 Å². The number of nitrogens with one attached hydrogen (secondary N) is 1. The van der Waals surface area contributed by atoms with E-state index < -0.39 is 16.1 Å². The van der Waals surface area contributed by atoms with Crippen molar-refractivity contribution in [3.8, 4) is 0 Å². The predicted octanol–water partition coefficient (Wildman–Crippen LogP) is 4.20. The van der Waals surface area contributed by atoms with Crippen molar-refractivity contribution in [1.29, 1.82) is 0 Å². The van der Waals surface area contributed by atoms with Gasteiger partial charge in [0, 0.05) is 12.6 Å². The second-order valence-corrected chi connectivity index (χ2v) is 8.67. The molecule has 4 aromatic rings. The Morgan fingerprint density at radius 1 is 0.862 bits per heavy atom. The van der Waals surface area contributed by atoms with E-state index >= 15 is 0 Å². The van der Waals surface area contributed by atoms with Gasteiger partial charge in [0.15, 0.2) is 0 Å². The van der Waals surface area contributed by atoms with Crippen LogP contribution >= 0.6 is 0 Å².